The summed E-state index contributed by atoms with van der Waals surface area (Å²) in [6.07, 6.45) is 5.30. The van der Waals surface area contributed by atoms with Crippen molar-refractivity contribution >= 4 is 12.4 Å². The predicted octanol–water partition coefficient (Wildman–Crippen LogP) is 3.41. The minimum Gasteiger partial charge on any atom is -0.299 e. The molecule has 0 aromatic heterocycles. The molecule has 1 aromatic carbocycles. The van der Waals surface area contributed by atoms with Crippen LogP contribution in [-0.4, -0.2) is 6.29 Å². The Kier molecular flexibility index (Phi) is 4.29. The van der Waals surface area contributed by atoms with Crippen LogP contribution in [0.2, 0.25) is 0 Å². The molecule has 1 rings (SSSR count). The van der Waals surface area contributed by atoms with Crippen LogP contribution < -0.4 is 0 Å². The van der Waals surface area contributed by atoms with Crippen molar-refractivity contribution in [1.82, 2.24) is 0 Å². The van der Waals surface area contributed by atoms with E-state index >= 15 is 0 Å². The first kappa shape index (κ1) is 11.7. The molecule has 0 aliphatic carbocycles. The molecule has 0 saturated heterocycles. The molecule has 0 radical (unpaired) electrons. The first-order chi connectivity index (χ1) is 7.13. The maximum atomic E-state index is 10.2. The summed E-state index contributed by atoms with van der Waals surface area (Å²) in [6.45, 7) is 6.51. The smallest absolute Gasteiger partial charge is 0.142 e. The summed E-state index contributed by atoms with van der Waals surface area (Å²) in [7, 11) is 0. The van der Waals surface area contributed by atoms with E-state index in [1.54, 1.807) is 0 Å². The Morgan fingerprint density at radius 2 is 2.07 bits per heavy atom. The number of benzene rings is 1. The van der Waals surface area contributed by atoms with E-state index in [0.29, 0.717) is 5.92 Å². The van der Waals surface area contributed by atoms with Crippen LogP contribution in [0, 0.1) is 12.8 Å². The van der Waals surface area contributed by atoms with E-state index in [9.17, 15) is 4.79 Å². The lowest BCUT2D eigenvalue weighted by atomic mass is 9.98. The van der Waals surface area contributed by atoms with Crippen LogP contribution in [0.15, 0.2) is 24.3 Å². The number of hydrogen-bond acceptors (Lipinski definition) is 1. The highest BCUT2D eigenvalue weighted by molar-refractivity contribution is 5.74. The first-order valence-corrected chi connectivity index (χ1v) is 5.35. The molecule has 15 heavy (non-hydrogen) atoms. The van der Waals surface area contributed by atoms with Crippen LogP contribution in [0.4, 0.5) is 0 Å². The molecule has 1 heteroatoms. The van der Waals surface area contributed by atoms with Crippen molar-refractivity contribution in [2.75, 3.05) is 0 Å². The average molecular weight is 202 g/mol. The zero-order chi connectivity index (χ0) is 11.3. The average Bonchev–Trinajstić information content (AvgIpc) is 2.15. The fourth-order valence-electron chi connectivity index (χ4n) is 1.67. The first-order valence-electron chi connectivity index (χ1n) is 5.35. The van der Waals surface area contributed by atoms with Crippen LogP contribution in [0.3, 0.4) is 0 Å². The van der Waals surface area contributed by atoms with Crippen molar-refractivity contribution in [3.05, 3.63) is 41.0 Å². The maximum absolute atomic E-state index is 10.2. The number of aryl methyl sites for hydroxylation is 1. The quantitative estimate of drug-likeness (QED) is 0.540. The van der Waals surface area contributed by atoms with Gasteiger partial charge in [0.15, 0.2) is 0 Å². The van der Waals surface area contributed by atoms with Crippen LogP contribution in [-0.2, 0) is 11.2 Å². The minimum atomic E-state index is 0.681. The van der Waals surface area contributed by atoms with Gasteiger partial charge in [0.05, 0.1) is 0 Å². The topological polar surface area (TPSA) is 17.1 Å². The van der Waals surface area contributed by atoms with Gasteiger partial charge in [0.25, 0.3) is 0 Å². The standard InChI is InChI=1S/C14H18O/c1-11(2)9-13-6-7-14(5-4-8-15)12(3)10-13/h4-8,10-11H,9H2,1-3H3/b5-4+. The second-order valence-electron chi connectivity index (χ2n) is 4.28. The zero-order valence-corrected chi connectivity index (χ0v) is 9.66. The van der Waals surface area contributed by atoms with Crippen LogP contribution >= 0.6 is 0 Å². The van der Waals surface area contributed by atoms with Crippen molar-refractivity contribution in [3.63, 3.8) is 0 Å². The minimum absolute atomic E-state index is 0.681. The van der Waals surface area contributed by atoms with E-state index in [-0.39, 0.29) is 0 Å². The van der Waals surface area contributed by atoms with E-state index in [2.05, 4.69) is 39.0 Å². The Morgan fingerprint density at radius 1 is 1.33 bits per heavy atom. The summed E-state index contributed by atoms with van der Waals surface area (Å²) in [5, 5.41) is 0. The maximum Gasteiger partial charge on any atom is 0.142 e. The number of aldehydes is 1. The Bertz CT molecular complexity index is 362. The van der Waals surface area contributed by atoms with Gasteiger partial charge >= 0.3 is 0 Å². The van der Waals surface area contributed by atoms with Gasteiger partial charge in [-0.25, -0.2) is 0 Å². The molecule has 0 spiro atoms. The third-order valence-corrected chi connectivity index (χ3v) is 2.33. The third kappa shape index (κ3) is 3.70. The monoisotopic (exact) mass is 202 g/mol. The lowest BCUT2D eigenvalue weighted by Crippen LogP contribution is -1.95. The summed E-state index contributed by atoms with van der Waals surface area (Å²) < 4.78 is 0. The van der Waals surface area contributed by atoms with Gasteiger partial charge in [-0.2, -0.15) is 0 Å². The van der Waals surface area contributed by atoms with Crippen molar-refractivity contribution in [2.24, 2.45) is 5.92 Å². The molecule has 0 saturated carbocycles. The highest BCUT2D eigenvalue weighted by Crippen LogP contribution is 2.15. The van der Waals surface area contributed by atoms with Gasteiger partial charge in [0.1, 0.15) is 6.29 Å². The Balaban J connectivity index is 2.87. The highest BCUT2D eigenvalue weighted by atomic mass is 16.1. The fraction of sp³-hybridized carbons (Fsp3) is 0.357. The molecule has 0 aliphatic rings. The molecule has 1 nitrogen and oxygen atoms in total. The summed E-state index contributed by atoms with van der Waals surface area (Å²) in [5.41, 5.74) is 3.71. The van der Waals surface area contributed by atoms with Crippen molar-refractivity contribution < 1.29 is 4.79 Å². The summed E-state index contributed by atoms with van der Waals surface area (Å²) in [4.78, 5) is 10.2. The van der Waals surface area contributed by atoms with E-state index < -0.39 is 0 Å². The molecule has 80 valence electrons. The number of hydrogen-bond donors (Lipinski definition) is 0. The summed E-state index contributed by atoms with van der Waals surface area (Å²) >= 11 is 0. The van der Waals surface area contributed by atoms with Crippen molar-refractivity contribution in [3.8, 4) is 0 Å². The van der Waals surface area contributed by atoms with E-state index in [1.807, 2.05) is 6.08 Å². The SMILES string of the molecule is Cc1cc(CC(C)C)ccc1/C=C/C=O. The molecule has 0 fully saturated rings. The summed E-state index contributed by atoms with van der Waals surface area (Å²) in [6, 6.07) is 6.41. The van der Waals surface area contributed by atoms with E-state index in [0.717, 1.165) is 18.3 Å². The Morgan fingerprint density at radius 3 is 2.60 bits per heavy atom. The van der Waals surface area contributed by atoms with Crippen molar-refractivity contribution in [1.29, 1.82) is 0 Å². The summed E-state index contributed by atoms with van der Waals surface area (Å²) in [5.74, 6) is 0.681. The van der Waals surface area contributed by atoms with Crippen LogP contribution in [0.5, 0.6) is 0 Å². The lowest BCUT2D eigenvalue weighted by molar-refractivity contribution is -0.104. The number of allylic oxidation sites excluding steroid dienone is 1. The predicted molar refractivity (Wildman–Crippen MR) is 64.8 cm³/mol. The van der Waals surface area contributed by atoms with Crippen molar-refractivity contribution in [2.45, 2.75) is 27.2 Å². The molecule has 1 aromatic rings. The largest absolute Gasteiger partial charge is 0.299 e. The van der Waals surface area contributed by atoms with Gasteiger partial charge in [-0.15, -0.1) is 0 Å². The third-order valence-electron chi connectivity index (χ3n) is 2.33. The van der Waals surface area contributed by atoms with Crippen LogP contribution in [0.1, 0.15) is 30.5 Å². The van der Waals surface area contributed by atoms with Gasteiger partial charge in [-0.3, -0.25) is 4.79 Å². The van der Waals surface area contributed by atoms with Gasteiger partial charge in [-0.05, 0) is 42.0 Å². The zero-order valence-electron chi connectivity index (χ0n) is 9.66. The number of rotatable bonds is 4. The Labute approximate surface area is 91.8 Å². The fourth-order valence-corrected chi connectivity index (χ4v) is 1.67. The molecular formula is C14H18O. The molecule has 0 N–H and O–H groups in total. The second kappa shape index (κ2) is 5.50. The van der Waals surface area contributed by atoms with E-state index in [4.69, 9.17) is 0 Å². The molecule has 0 unspecified atom stereocenters. The second-order valence-corrected chi connectivity index (χ2v) is 4.28. The molecule has 0 aliphatic heterocycles. The normalized spacial score (nSPS) is 11.2. The molecule has 0 heterocycles. The molecule has 0 bridgehead atoms. The number of carbonyl (C=O) groups is 1. The Hall–Kier alpha value is -1.37. The van der Waals surface area contributed by atoms with Gasteiger partial charge in [0.2, 0.25) is 0 Å². The van der Waals surface area contributed by atoms with Crippen LogP contribution in [0.25, 0.3) is 6.08 Å². The lowest BCUT2D eigenvalue weighted by Gasteiger charge is -2.07. The molecular weight excluding hydrogens is 184 g/mol. The van der Waals surface area contributed by atoms with Gasteiger partial charge in [-0.1, -0.05) is 38.1 Å². The van der Waals surface area contributed by atoms with Gasteiger partial charge < -0.3 is 0 Å². The molecule has 0 amide bonds. The highest BCUT2D eigenvalue weighted by Gasteiger charge is 2.00. The number of carbonyl (C=O) groups excluding carboxylic acids is 1. The van der Waals surface area contributed by atoms with E-state index in [1.165, 1.54) is 17.2 Å². The van der Waals surface area contributed by atoms with Gasteiger partial charge in [0, 0.05) is 0 Å². The molecule has 0 atom stereocenters.